The third kappa shape index (κ3) is 4.53. The first kappa shape index (κ1) is 20.1. The zero-order chi connectivity index (χ0) is 21.8. The molecular weight excluding hydrogens is 396 g/mol. The maximum Gasteiger partial charge on any atom is 0.344 e. The summed E-state index contributed by atoms with van der Waals surface area (Å²) in [6, 6.07) is 16.4. The highest BCUT2D eigenvalue weighted by Crippen LogP contribution is 2.33. The van der Waals surface area contributed by atoms with Gasteiger partial charge in [-0.3, -0.25) is 0 Å². The third-order valence-electron chi connectivity index (χ3n) is 4.57. The number of aromatic nitrogens is 3. The normalized spacial score (nSPS) is 11.7. The zero-order valence-corrected chi connectivity index (χ0v) is 16.9. The summed E-state index contributed by atoms with van der Waals surface area (Å²) in [4.78, 5) is 24.0. The van der Waals surface area contributed by atoms with Crippen molar-refractivity contribution >= 4 is 28.4 Å². The SMILES string of the molecule is Cc1cc(Nc2ncnc3cccc(OC(C)C(=O)O)c23)ccc1Oc1ccccn1. The predicted molar refractivity (Wildman–Crippen MR) is 116 cm³/mol. The number of hydrogen-bond acceptors (Lipinski definition) is 7. The van der Waals surface area contributed by atoms with E-state index in [9.17, 15) is 9.90 Å². The molecule has 0 amide bonds. The highest BCUT2D eigenvalue weighted by molar-refractivity contribution is 5.96. The van der Waals surface area contributed by atoms with Gasteiger partial charge in [0.05, 0.1) is 10.9 Å². The molecule has 0 aliphatic heterocycles. The lowest BCUT2D eigenvalue weighted by Crippen LogP contribution is -2.23. The Morgan fingerprint density at radius 3 is 2.65 bits per heavy atom. The summed E-state index contributed by atoms with van der Waals surface area (Å²) in [5.41, 5.74) is 2.33. The minimum atomic E-state index is -1.05. The highest BCUT2D eigenvalue weighted by atomic mass is 16.5. The van der Waals surface area contributed by atoms with Crippen LogP contribution in [0.5, 0.6) is 17.4 Å². The summed E-state index contributed by atoms with van der Waals surface area (Å²) in [5, 5.41) is 13.1. The molecule has 4 rings (SSSR count). The third-order valence-corrected chi connectivity index (χ3v) is 4.57. The number of pyridine rings is 1. The highest BCUT2D eigenvalue weighted by Gasteiger charge is 2.17. The fourth-order valence-electron chi connectivity index (χ4n) is 3.01. The Morgan fingerprint density at radius 2 is 1.90 bits per heavy atom. The van der Waals surface area contributed by atoms with Crippen LogP contribution >= 0.6 is 0 Å². The molecule has 8 heteroatoms. The predicted octanol–water partition coefficient (Wildman–Crippen LogP) is 4.72. The summed E-state index contributed by atoms with van der Waals surface area (Å²) >= 11 is 0. The number of aliphatic carboxylic acids is 1. The van der Waals surface area contributed by atoms with E-state index in [2.05, 4.69) is 20.3 Å². The molecule has 0 aliphatic rings. The van der Waals surface area contributed by atoms with Gasteiger partial charge in [0.15, 0.2) is 6.10 Å². The molecule has 4 aromatic rings. The second-order valence-corrected chi connectivity index (χ2v) is 6.85. The van der Waals surface area contributed by atoms with E-state index in [1.165, 1.54) is 13.3 Å². The van der Waals surface area contributed by atoms with Gasteiger partial charge in [-0.1, -0.05) is 12.1 Å². The molecule has 2 heterocycles. The molecule has 0 saturated carbocycles. The molecule has 0 saturated heterocycles. The summed E-state index contributed by atoms with van der Waals surface area (Å²) in [6.45, 7) is 3.41. The number of ether oxygens (including phenoxy) is 2. The molecule has 1 atom stereocenters. The standard InChI is InChI=1S/C23H20N4O4/c1-14-12-16(9-10-18(14)31-20-8-3-4-11-24-20)27-22-21-17(25-13-26-22)6-5-7-19(21)30-15(2)23(28)29/h3-13,15H,1-2H3,(H,28,29)(H,25,26,27). The van der Waals surface area contributed by atoms with E-state index in [1.54, 1.807) is 24.4 Å². The van der Waals surface area contributed by atoms with E-state index in [4.69, 9.17) is 9.47 Å². The van der Waals surface area contributed by atoms with Crippen LogP contribution in [0.2, 0.25) is 0 Å². The van der Waals surface area contributed by atoms with Gasteiger partial charge in [0.1, 0.15) is 23.6 Å². The summed E-state index contributed by atoms with van der Waals surface area (Å²) in [6.07, 6.45) is 2.11. The van der Waals surface area contributed by atoms with Crippen molar-refractivity contribution in [1.29, 1.82) is 0 Å². The first-order valence-corrected chi connectivity index (χ1v) is 9.61. The smallest absolute Gasteiger partial charge is 0.344 e. The monoisotopic (exact) mass is 416 g/mol. The van der Waals surface area contributed by atoms with Crippen molar-refractivity contribution in [2.45, 2.75) is 20.0 Å². The van der Waals surface area contributed by atoms with Crippen LogP contribution in [0.25, 0.3) is 10.9 Å². The van der Waals surface area contributed by atoms with E-state index < -0.39 is 12.1 Å². The molecule has 0 aliphatic carbocycles. The maximum absolute atomic E-state index is 11.2. The van der Waals surface area contributed by atoms with Crippen molar-refractivity contribution in [1.82, 2.24) is 15.0 Å². The van der Waals surface area contributed by atoms with Gasteiger partial charge >= 0.3 is 5.97 Å². The maximum atomic E-state index is 11.2. The fourth-order valence-corrected chi connectivity index (χ4v) is 3.01. The number of carboxylic acids is 1. The molecule has 0 bridgehead atoms. The van der Waals surface area contributed by atoms with Crippen LogP contribution < -0.4 is 14.8 Å². The van der Waals surface area contributed by atoms with Crippen molar-refractivity contribution in [3.05, 3.63) is 72.7 Å². The molecule has 0 radical (unpaired) electrons. The van der Waals surface area contributed by atoms with Crippen molar-refractivity contribution in [2.75, 3.05) is 5.32 Å². The molecule has 2 aromatic carbocycles. The van der Waals surface area contributed by atoms with Gasteiger partial charge in [-0.2, -0.15) is 0 Å². The number of nitrogens with one attached hydrogen (secondary N) is 1. The van der Waals surface area contributed by atoms with Crippen LogP contribution in [-0.2, 0) is 4.79 Å². The lowest BCUT2D eigenvalue weighted by Gasteiger charge is -2.15. The number of benzene rings is 2. The molecule has 0 spiro atoms. The Morgan fingerprint density at radius 1 is 1.03 bits per heavy atom. The van der Waals surface area contributed by atoms with Crippen LogP contribution in [0, 0.1) is 6.92 Å². The number of fused-ring (bicyclic) bond motifs is 1. The number of carboxylic acid groups (broad SMARTS) is 1. The van der Waals surface area contributed by atoms with Gasteiger partial charge in [-0.25, -0.2) is 19.7 Å². The Balaban J connectivity index is 1.64. The Labute approximate surface area is 178 Å². The average molecular weight is 416 g/mol. The minimum absolute atomic E-state index is 0.391. The zero-order valence-electron chi connectivity index (χ0n) is 16.9. The molecule has 1 unspecified atom stereocenters. The second kappa shape index (κ2) is 8.66. The minimum Gasteiger partial charge on any atom is -0.479 e. The Kier molecular flexibility index (Phi) is 5.61. The number of anilines is 2. The van der Waals surface area contributed by atoms with Crippen molar-refractivity contribution in [2.24, 2.45) is 0 Å². The van der Waals surface area contributed by atoms with Crippen LogP contribution in [0.3, 0.4) is 0 Å². The fraction of sp³-hybridized carbons (Fsp3) is 0.130. The van der Waals surface area contributed by atoms with Crippen molar-refractivity contribution < 1.29 is 19.4 Å². The molecule has 2 N–H and O–H groups in total. The molecule has 0 fully saturated rings. The quantitative estimate of drug-likeness (QED) is 0.446. The van der Waals surface area contributed by atoms with Gasteiger partial charge in [0, 0.05) is 18.0 Å². The van der Waals surface area contributed by atoms with Crippen LogP contribution in [-0.4, -0.2) is 32.1 Å². The number of carbonyl (C=O) groups is 1. The van der Waals surface area contributed by atoms with E-state index >= 15 is 0 Å². The Bertz CT molecular complexity index is 1230. The van der Waals surface area contributed by atoms with Gasteiger partial charge in [-0.05, 0) is 55.8 Å². The largest absolute Gasteiger partial charge is 0.479 e. The van der Waals surface area contributed by atoms with E-state index in [1.807, 2.05) is 43.3 Å². The van der Waals surface area contributed by atoms with Crippen LogP contribution in [0.1, 0.15) is 12.5 Å². The topological polar surface area (TPSA) is 106 Å². The lowest BCUT2D eigenvalue weighted by atomic mass is 10.1. The van der Waals surface area contributed by atoms with Gasteiger partial charge < -0.3 is 19.9 Å². The first-order chi connectivity index (χ1) is 15.0. The molecule has 31 heavy (non-hydrogen) atoms. The summed E-state index contributed by atoms with van der Waals surface area (Å²) in [5.74, 6) is 1.05. The summed E-state index contributed by atoms with van der Waals surface area (Å²) in [7, 11) is 0. The van der Waals surface area contributed by atoms with E-state index in [0.717, 1.165) is 11.3 Å². The molecule has 2 aromatic heterocycles. The second-order valence-electron chi connectivity index (χ2n) is 6.85. The van der Waals surface area contributed by atoms with Crippen LogP contribution in [0.4, 0.5) is 11.5 Å². The summed E-state index contributed by atoms with van der Waals surface area (Å²) < 4.78 is 11.5. The molecular formula is C23H20N4O4. The molecule has 156 valence electrons. The number of aryl methyl sites for hydroxylation is 1. The van der Waals surface area contributed by atoms with Gasteiger partial charge in [0.25, 0.3) is 0 Å². The van der Waals surface area contributed by atoms with Gasteiger partial charge in [0.2, 0.25) is 5.88 Å². The number of nitrogens with zero attached hydrogens (tertiary/aromatic N) is 3. The number of rotatable bonds is 7. The Hall–Kier alpha value is -4.20. The van der Waals surface area contributed by atoms with Crippen molar-refractivity contribution in [3.8, 4) is 17.4 Å². The van der Waals surface area contributed by atoms with E-state index in [-0.39, 0.29) is 0 Å². The van der Waals surface area contributed by atoms with E-state index in [0.29, 0.717) is 34.1 Å². The van der Waals surface area contributed by atoms with Crippen molar-refractivity contribution in [3.63, 3.8) is 0 Å². The van der Waals surface area contributed by atoms with Crippen LogP contribution in [0.15, 0.2) is 67.1 Å². The molecule has 8 nitrogen and oxygen atoms in total. The van der Waals surface area contributed by atoms with Gasteiger partial charge in [-0.15, -0.1) is 0 Å². The lowest BCUT2D eigenvalue weighted by molar-refractivity contribution is -0.144. The first-order valence-electron chi connectivity index (χ1n) is 9.61. The number of hydrogen-bond donors (Lipinski definition) is 2. The average Bonchev–Trinajstić information content (AvgIpc) is 2.76.